The van der Waals surface area contributed by atoms with Crippen LogP contribution in [0.4, 0.5) is 24.7 Å². The Kier molecular flexibility index (Phi) is 6.50. The van der Waals surface area contributed by atoms with Crippen LogP contribution in [0.15, 0.2) is 60.3 Å². The van der Waals surface area contributed by atoms with Gasteiger partial charge < -0.3 is 10.2 Å². The van der Waals surface area contributed by atoms with Crippen molar-refractivity contribution in [1.82, 2.24) is 4.98 Å². The van der Waals surface area contributed by atoms with Gasteiger partial charge in [0.25, 0.3) is 5.91 Å². The Bertz CT molecular complexity index is 1190. The maximum Gasteiger partial charge on any atom is 0.261 e. The molecule has 0 atom stereocenters. The molecule has 2 aromatic carbocycles. The van der Waals surface area contributed by atoms with Crippen molar-refractivity contribution in [2.75, 3.05) is 23.3 Å². The van der Waals surface area contributed by atoms with Crippen LogP contribution < -0.4 is 10.2 Å². The van der Waals surface area contributed by atoms with E-state index in [-0.39, 0.29) is 5.82 Å². The van der Waals surface area contributed by atoms with Crippen LogP contribution >= 0.6 is 22.6 Å². The number of rotatable bonds is 4. The third kappa shape index (κ3) is 4.64. The molecule has 0 saturated carbocycles. The molecule has 4 nitrogen and oxygen atoms in total. The normalized spacial score (nSPS) is 14.0. The molecule has 0 spiro atoms. The molecule has 1 aliphatic rings. The first-order valence-electron chi connectivity index (χ1n) is 9.94. The van der Waals surface area contributed by atoms with Gasteiger partial charge >= 0.3 is 0 Å². The third-order valence-corrected chi connectivity index (χ3v) is 6.01. The Labute approximate surface area is 197 Å². The number of aromatic nitrogens is 1. The summed E-state index contributed by atoms with van der Waals surface area (Å²) < 4.78 is 42.7. The molecule has 0 saturated heterocycles. The van der Waals surface area contributed by atoms with Crippen molar-refractivity contribution in [3.8, 4) is 0 Å². The van der Waals surface area contributed by atoms with Crippen LogP contribution in [0.5, 0.6) is 0 Å². The monoisotopic (exact) mass is 549 g/mol. The van der Waals surface area contributed by atoms with Crippen LogP contribution in [0.3, 0.4) is 0 Å². The molecule has 8 heteroatoms. The van der Waals surface area contributed by atoms with Gasteiger partial charge in [0.2, 0.25) is 0 Å². The molecule has 1 aliphatic heterocycles. The van der Waals surface area contributed by atoms with Crippen LogP contribution in [0.1, 0.15) is 29.3 Å². The van der Waals surface area contributed by atoms with E-state index in [2.05, 4.69) is 10.3 Å². The highest BCUT2D eigenvalue weighted by Crippen LogP contribution is 2.30. The summed E-state index contributed by atoms with van der Waals surface area (Å²) in [6.45, 7) is 3.22. The first-order chi connectivity index (χ1) is 15.3. The average Bonchev–Trinajstić information content (AvgIpc) is 2.74. The minimum absolute atomic E-state index is 0.322. The summed E-state index contributed by atoms with van der Waals surface area (Å²) >= 11 is 1.78. The van der Waals surface area contributed by atoms with E-state index in [9.17, 15) is 18.0 Å². The first-order valence-corrected chi connectivity index (χ1v) is 11.0. The molecular weight excluding hydrogens is 530 g/mol. The minimum atomic E-state index is -0.909. The molecule has 4 rings (SSSR count). The molecule has 0 aliphatic carbocycles. The number of anilines is 2. The molecule has 1 amide bonds. The zero-order chi connectivity index (χ0) is 22.8. The standard InChI is InChI=1S/C24H19F3IN3O/c1-14-8-10-31(23-19(25)3-2-9-29-23)13-18(14)15-4-6-17(7-5-15)30-24(32)22-20(26)11-16(28)12-21(22)27/h2-7,9,11-12H,8,10,13H2,1H3,(H,30,32). The average molecular weight is 549 g/mol. The molecular formula is C24H19F3IN3O. The van der Waals surface area contributed by atoms with Gasteiger partial charge in [-0.1, -0.05) is 17.7 Å². The van der Waals surface area contributed by atoms with Gasteiger partial charge in [-0.15, -0.1) is 0 Å². The van der Waals surface area contributed by atoms with Crippen LogP contribution in [-0.2, 0) is 0 Å². The quantitative estimate of drug-likeness (QED) is 0.404. The first kappa shape index (κ1) is 22.3. The SMILES string of the molecule is CC1=C(c2ccc(NC(=O)c3c(F)cc(I)cc3F)cc2)CN(c2ncccc2F)CC1. The molecule has 2 heterocycles. The highest BCUT2D eigenvalue weighted by atomic mass is 127. The molecule has 1 aromatic heterocycles. The fourth-order valence-electron chi connectivity index (χ4n) is 3.69. The van der Waals surface area contributed by atoms with Gasteiger partial charge in [0.15, 0.2) is 11.6 Å². The van der Waals surface area contributed by atoms with E-state index in [1.165, 1.54) is 11.6 Å². The lowest BCUT2D eigenvalue weighted by Crippen LogP contribution is -2.32. The molecule has 0 unspecified atom stereocenters. The number of carbonyl (C=O) groups excluding carboxylic acids is 1. The number of hydrogen-bond donors (Lipinski definition) is 1. The zero-order valence-electron chi connectivity index (χ0n) is 17.1. The fourth-order valence-corrected chi connectivity index (χ4v) is 4.24. The minimum Gasteiger partial charge on any atom is -0.350 e. The van der Waals surface area contributed by atoms with Crippen molar-refractivity contribution in [1.29, 1.82) is 0 Å². The Balaban J connectivity index is 1.52. The van der Waals surface area contributed by atoms with Crippen molar-refractivity contribution >= 4 is 45.6 Å². The van der Waals surface area contributed by atoms with E-state index in [1.807, 2.05) is 24.0 Å². The summed E-state index contributed by atoms with van der Waals surface area (Å²) in [5, 5.41) is 2.54. The molecule has 164 valence electrons. The third-order valence-electron chi connectivity index (χ3n) is 5.38. The number of nitrogens with one attached hydrogen (secondary N) is 1. The Morgan fingerprint density at radius 2 is 1.75 bits per heavy atom. The topological polar surface area (TPSA) is 45.2 Å². The van der Waals surface area contributed by atoms with Crippen LogP contribution in [-0.4, -0.2) is 24.0 Å². The summed E-state index contributed by atoms with van der Waals surface area (Å²) in [5.41, 5.74) is 2.96. The van der Waals surface area contributed by atoms with E-state index in [4.69, 9.17) is 0 Å². The molecule has 3 aromatic rings. The molecule has 32 heavy (non-hydrogen) atoms. The van der Waals surface area contributed by atoms with E-state index >= 15 is 0 Å². The van der Waals surface area contributed by atoms with Gasteiger partial charge in [0.1, 0.15) is 17.2 Å². The van der Waals surface area contributed by atoms with Gasteiger partial charge in [0, 0.05) is 28.5 Å². The smallest absolute Gasteiger partial charge is 0.261 e. The van der Waals surface area contributed by atoms with E-state index in [0.717, 1.165) is 29.7 Å². The summed E-state index contributed by atoms with van der Waals surface area (Å²) in [7, 11) is 0. The maximum absolute atomic E-state index is 14.2. The fraction of sp³-hybridized carbons (Fsp3) is 0.167. The zero-order valence-corrected chi connectivity index (χ0v) is 19.3. The van der Waals surface area contributed by atoms with Gasteiger partial charge in [-0.3, -0.25) is 4.79 Å². The highest BCUT2D eigenvalue weighted by molar-refractivity contribution is 14.1. The van der Waals surface area contributed by atoms with E-state index in [1.54, 1.807) is 47.0 Å². The van der Waals surface area contributed by atoms with Crippen LogP contribution in [0, 0.1) is 21.0 Å². The van der Waals surface area contributed by atoms with Crippen molar-refractivity contribution in [3.63, 3.8) is 0 Å². The number of hydrogen-bond acceptors (Lipinski definition) is 3. The Morgan fingerprint density at radius 1 is 1.06 bits per heavy atom. The summed E-state index contributed by atoms with van der Waals surface area (Å²) in [4.78, 5) is 18.5. The number of amides is 1. The summed E-state index contributed by atoms with van der Waals surface area (Å²) in [6, 6.07) is 12.2. The van der Waals surface area contributed by atoms with Crippen LogP contribution in [0.2, 0.25) is 0 Å². The second-order valence-electron chi connectivity index (χ2n) is 7.52. The van der Waals surface area contributed by atoms with Gasteiger partial charge in [-0.25, -0.2) is 18.2 Å². The van der Waals surface area contributed by atoms with Crippen molar-refractivity contribution in [3.05, 3.63) is 92.4 Å². The van der Waals surface area contributed by atoms with Crippen molar-refractivity contribution < 1.29 is 18.0 Å². The summed E-state index contributed by atoms with van der Waals surface area (Å²) in [6.07, 6.45) is 2.34. The predicted octanol–water partition coefficient (Wildman–Crippen LogP) is 6.04. The Hall–Kier alpha value is -2.88. The second-order valence-corrected chi connectivity index (χ2v) is 8.76. The maximum atomic E-state index is 14.2. The largest absolute Gasteiger partial charge is 0.350 e. The lowest BCUT2D eigenvalue weighted by Gasteiger charge is -2.31. The highest BCUT2D eigenvalue weighted by Gasteiger charge is 2.22. The summed E-state index contributed by atoms with van der Waals surface area (Å²) in [5.74, 6) is -2.71. The second kappa shape index (κ2) is 9.32. The molecule has 0 bridgehead atoms. The van der Waals surface area contributed by atoms with E-state index in [0.29, 0.717) is 28.2 Å². The van der Waals surface area contributed by atoms with Crippen molar-refractivity contribution in [2.24, 2.45) is 0 Å². The number of benzene rings is 2. The van der Waals surface area contributed by atoms with Gasteiger partial charge in [-0.05, 0) is 83.5 Å². The van der Waals surface area contributed by atoms with Gasteiger partial charge in [-0.2, -0.15) is 0 Å². The number of halogens is 4. The Morgan fingerprint density at radius 3 is 2.41 bits per heavy atom. The number of nitrogens with zero attached hydrogens (tertiary/aromatic N) is 2. The van der Waals surface area contributed by atoms with Crippen molar-refractivity contribution in [2.45, 2.75) is 13.3 Å². The van der Waals surface area contributed by atoms with Gasteiger partial charge in [0.05, 0.1) is 0 Å². The lowest BCUT2D eigenvalue weighted by atomic mass is 9.94. The number of carbonyl (C=O) groups is 1. The molecule has 0 radical (unpaired) electrons. The lowest BCUT2D eigenvalue weighted by molar-refractivity contribution is 0.101. The number of pyridine rings is 1. The predicted molar refractivity (Wildman–Crippen MR) is 127 cm³/mol. The van der Waals surface area contributed by atoms with Crippen LogP contribution in [0.25, 0.3) is 5.57 Å². The molecule has 1 N–H and O–H groups in total. The molecule has 0 fully saturated rings. The van der Waals surface area contributed by atoms with E-state index < -0.39 is 23.1 Å².